The van der Waals surface area contributed by atoms with Gasteiger partial charge in [-0.25, -0.2) is 23.3 Å². The smallest absolute Gasteiger partial charge is 0.387 e. The van der Waals surface area contributed by atoms with Crippen LogP contribution in [-0.4, -0.2) is 33.1 Å². The van der Waals surface area contributed by atoms with Crippen LogP contribution in [-0.2, 0) is 11.0 Å². The van der Waals surface area contributed by atoms with Gasteiger partial charge in [-0.1, -0.05) is 13.0 Å². The summed E-state index contributed by atoms with van der Waals surface area (Å²) in [4.78, 5) is 7.91. The number of alkyl halides is 2. The molecule has 11 heteroatoms. The predicted octanol–water partition coefficient (Wildman–Crippen LogP) is 2.52. The second-order valence-corrected chi connectivity index (χ2v) is 6.71. The molecule has 1 heterocycles. The lowest BCUT2D eigenvalue weighted by Gasteiger charge is -2.20. The Kier molecular flexibility index (Phi) is 7.51. The summed E-state index contributed by atoms with van der Waals surface area (Å²) in [6.07, 6.45) is 2.58. The Morgan fingerprint density at radius 2 is 2.04 bits per heavy atom. The van der Waals surface area contributed by atoms with Gasteiger partial charge in [-0.05, 0) is 6.07 Å². The molecule has 2 N–H and O–H groups in total. The molecule has 0 saturated heterocycles. The SMILES string of the molecule is CCS(=O)NCC(Nc1ncc(C#N)cn1)c1ccc(OC(F)F)cc1F. The van der Waals surface area contributed by atoms with Gasteiger partial charge < -0.3 is 10.1 Å². The number of rotatable bonds is 9. The van der Waals surface area contributed by atoms with E-state index in [1.165, 1.54) is 24.5 Å². The molecular weight excluding hydrogens is 383 g/mol. The number of nitrogens with one attached hydrogen (secondary N) is 2. The zero-order chi connectivity index (χ0) is 19.8. The second-order valence-electron chi connectivity index (χ2n) is 5.15. The van der Waals surface area contributed by atoms with Gasteiger partial charge in [-0.15, -0.1) is 0 Å². The molecule has 0 saturated carbocycles. The molecule has 2 rings (SSSR count). The average Bonchev–Trinajstić information content (AvgIpc) is 2.65. The molecular formula is C16H16F3N5O2S. The topological polar surface area (TPSA) is 99.9 Å². The van der Waals surface area contributed by atoms with Crippen LogP contribution in [0.5, 0.6) is 5.75 Å². The molecule has 144 valence electrons. The number of nitriles is 1. The van der Waals surface area contributed by atoms with Gasteiger partial charge >= 0.3 is 6.61 Å². The minimum absolute atomic E-state index is 0.0514. The van der Waals surface area contributed by atoms with Crippen LogP contribution in [0.25, 0.3) is 0 Å². The lowest BCUT2D eigenvalue weighted by Crippen LogP contribution is -2.30. The molecule has 1 aromatic heterocycles. The van der Waals surface area contributed by atoms with Crippen LogP contribution in [0.2, 0.25) is 0 Å². The number of ether oxygens (including phenoxy) is 1. The Morgan fingerprint density at radius 3 is 2.59 bits per heavy atom. The number of hydrogen-bond donors (Lipinski definition) is 2. The van der Waals surface area contributed by atoms with E-state index in [1.54, 1.807) is 6.92 Å². The Labute approximate surface area is 156 Å². The zero-order valence-electron chi connectivity index (χ0n) is 14.2. The molecule has 0 amide bonds. The average molecular weight is 399 g/mol. The summed E-state index contributed by atoms with van der Waals surface area (Å²) in [5.41, 5.74) is 0.368. The van der Waals surface area contributed by atoms with Gasteiger partial charge in [0.15, 0.2) is 0 Å². The monoisotopic (exact) mass is 399 g/mol. The van der Waals surface area contributed by atoms with Crippen molar-refractivity contribution in [3.63, 3.8) is 0 Å². The van der Waals surface area contributed by atoms with Crippen molar-refractivity contribution >= 4 is 16.9 Å². The number of aromatic nitrogens is 2. The summed E-state index contributed by atoms with van der Waals surface area (Å²) in [7, 11) is -1.32. The molecule has 0 aliphatic carbocycles. The molecule has 0 fully saturated rings. The van der Waals surface area contributed by atoms with Crippen LogP contribution in [0.3, 0.4) is 0 Å². The summed E-state index contributed by atoms with van der Waals surface area (Å²) < 4.78 is 57.5. The van der Waals surface area contributed by atoms with Crippen molar-refractivity contribution < 1.29 is 22.1 Å². The van der Waals surface area contributed by atoms with Crippen LogP contribution in [0.1, 0.15) is 24.1 Å². The van der Waals surface area contributed by atoms with Crippen molar-refractivity contribution in [1.29, 1.82) is 5.26 Å². The first-order chi connectivity index (χ1) is 12.9. The second kappa shape index (κ2) is 9.84. The van der Waals surface area contributed by atoms with Crippen molar-refractivity contribution in [1.82, 2.24) is 14.7 Å². The van der Waals surface area contributed by atoms with E-state index in [4.69, 9.17) is 5.26 Å². The van der Waals surface area contributed by atoms with Gasteiger partial charge in [-0.3, -0.25) is 0 Å². The van der Waals surface area contributed by atoms with E-state index in [2.05, 4.69) is 24.7 Å². The fourth-order valence-corrected chi connectivity index (χ4v) is 2.66. The van der Waals surface area contributed by atoms with Gasteiger partial charge in [0.05, 0.1) is 35.0 Å². The highest BCUT2D eigenvalue weighted by molar-refractivity contribution is 7.82. The molecule has 0 spiro atoms. The molecule has 2 aromatic rings. The Hall–Kier alpha value is -2.71. The lowest BCUT2D eigenvalue weighted by atomic mass is 10.1. The molecule has 0 bridgehead atoms. The maximum Gasteiger partial charge on any atom is 0.387 e. The van der Waals surface area contributed by atoms with Crippen LogP contribution in [0.15, 0.2) is 30.6 Å². The summed E-state index contributed by atoms with van der Waals surface area (Å²) >= 11 is 0. The zero-order valence-corrected chi connectivity index (χ0v) is 15.0. The fraction of sp³-hybridized carbons (Fsp3) is 0.312. The van der Waals surface area contributed by atoms with E-state index >= 15 is 0 Å². The van der Waals surface area contributed by atoms with E-state index in [-0.39, 0.29) is 29.4 Å². The molecule has 1 aromatic carbocycles. The number of hydrogen-bond acceptors (Lipinski definition) is 6. The highest BCUT2D eigenvalue weighted by Crippen LogP contribution is 2.25. The summed E-state index contributed by atoms with van der Waals surface area (Å²) in [5.74, 6) is -0.632. The van der Waals surface area contributed by atoms with E-state index < -0.39 is 29.5 Å². The molecule has 0 aliphatic rings. The normalized spacial score (nSPS) is 13.0. The lowest BCUT2D eigenvalue weighted by molar-refractivity contribution is -0.0500. The number of benzene rings is 1. The van der Waals surface area contributed by atoms with Gasteiger partial charge in [0, 0.05) is 23.9 Å². The van der Waals surface area contributed by atoms with Crippen LogP contribution < -0.4 is 14.8 Å². The summed E-state index contributed by atoms with van der Waals surface area (Å²) in [6.45, 7) is -1.30. The first-order valence-electron chi connectivity index (χ1n) is 7.77. The van der Waals surface area contributed by atoms with Crippen LogP contribution in [0, 0.1) is 17.1 Å². The summed E-state index contributed by atoms with van der Waals surface area (Å²) in [6, 6.07) is 4.45. The van der Waals surface area contributed by atoms with Crippen molar-refractivity contribution in [2.45, 2.75) is 19.6 Å². The molecule has 2 atom stereocenters. The third-order valence-corrected chi connectivity index (χ3v) is 4.38. The molecule has 0 aliphatic heterocycles. The van der Waals surface area contributed by atoms with Gasteiger partial charge in [0.1, 0.15) is 17.6 Å². The Morgan fingerprint density at radius 1 is 1.33 bits per heavy atom. The first-order valence-corrected chi connectivity index (χ1v) is 9.09. The minimum atomic E-state index is -3.06. The van der Waals surface area contributed by atoms with Crippen molar-refractivity contribution in [3.8, 4) is 11.8 Å². The summed E-state index contributed by atoms with van der Waals surface area (Å²) in [5, 5.41) is 11.6. The van der Waals surface area contributed by atoms with Crippen LogP contribution in [0.4, 0.5) is 19.1 Å². The van der Waals surface area contributed by atoms with E-state index in [0.29, 0.717) is 5.75 Å². The van der Waals surface area contributed by atoms with E-state index in [0.717, 1.165) is 6.07 Å². The largest absolute Gasteiger partial charge is 0.435 e. The molecule has 27 heavy (non-hydrogen) atoms. The highest BCUT2D eigenvalue weighted by Gasteiger charge is 2.19. The van der Waals surface area contributed by atoms with E-state index in [1.807, 2.05) is 6.07 Å². The number of halogens is 3. The third-order valence-electron chi connectivity index (χ3n) is 3.37. The Balaban J connectivity index is 2.25. The predicted molar refractivity (Wildman–Crippen MR) is 92.8 cm³/mol. The fourth-order valence-electron chi connectivity index (χ4n) is 2.10. The van der Waals surface area contributed by atoms with Gasteiger partial charge in [0.25, 0.3) is 0 Å². The van der Waals surface area contributed by atoms with Crippen molar-refractivity contribution in [3.05, 3.63) is 47.5 Å². The van der Waals surface area contributed by atoms with E-state index in [9.17, 15) is 17.4 Å². The van der Waals surface area contributed by atoms with Gasteiger partial charge in [0.2, 0.25) is 5.95 Å². The molecule has 7 nitrogen and oxygen atoms in total. The standard InChI is InChI=1S/C16H16F3N5O2S/c1-2-27(25)23-9-14(24-16-21-7-10(6-20)8-22-16)12-4-3-11(5-13(12)17)26-15(18)19/h3-5,7-8,14-15,23H,2,9H2,1H3,(H,21,22,24). The quantitative estimate of drug-likeness (QED) is 0.672. The van der Waals surface area contributed by atoms with Gasteiger partial charge in [-0.2, -0.15) is 14.0 Å². The first kappa shape index (κ1) is 20.6. The third kappa shape index (κ3) is 6.19. The molecule has 2 unspecified atom stereocenters. The maximum absolute atomic E-state index is 14.4. The Bertz CT molecular complexity index is 830. The highest BCUT2D eigenvalue weighted by atomic mass is 32.2. The van der Waals surface area contributed by atoms with Crippen molar-refractivity contribution in [2.24, 2.45) is 0 Å². The minimum Gasteiger partial charge on any atom is -0.435 e. The number of nitrogens with zero attached hydrogens (tertiary/aromatic N) is 3. The number of anilines is 1. The maximum atomic E-state index is 14.4. The van der Waals surface area contributed by atoms with Crippen molar-refractivity contribution in [2.75, 3.05) is 17.6 Å². The van der Waals surface area contributed by atoms with Crippen LogP contribution >= 0.6 is 0 Å². The molecule has 0 radical (unpaired) electrons.